The van der Waals surface area contributed by atoms with E-state index in [1.165, 1.54) is 12.0 Å². The zero-order chi connectivity index (χ0) is 15.3. The molecule has 0 radical (unpaired) electrons. The van der Waals surface area contributed by atoms with Crippen molar-refractivity contribution in [2.75, 3.05) is 13.1 Å². The normalized spacial score (nSPS) is 12.2. The lowest BCUT2D eigenvalue weighted by Gasteiger charge is -2.12. The van der Waals surface area contributed by atoms with Gasteiger partial charge in [-0.15, -0.1) is 0 Å². The van der Waals surface area contributed by atoms with Gasteiger partial charge in [0.2, 0.25) is 0 Å². The Morgan fingerprint density at radius 1 is 1.14 bits per heavy atom. The van der Waals surface area contributed by atoms with Crippen molar-refractivity contribution in [2.45, 2.75) is 51.9 Å². The predicted octanol–water partition coefficient (Wildman–Crippen LogP) is 3.88. The second kappa shape index (κ2) is 11.3. The fourth-order valence-corrected chi connectivity index (χ4v) is 2.39. The van der Waals surface area contributed by atoms with Gasteiger partial charge in [-0.2, -0.15) is 0 Å². The van der Waals surface area contributed by atoms with Crippen LogP contribution in [-0.4, -0.2) is 24.2 Å². The van der Waals surface area contributed by atoms with Crippen LogP contribution in [0.4, 0.5) is 0 Å². The average Bonchev–Trinajstić information content (AvgIpc) is 2.48. The summed E-state index contributed by atoms with van der Waals surface area (Å²) in [5.41, 5.74) is 1.42. The van der Waals surface area contributed by atoms with Crippen molar-refractivity contribution in [3.8, 4) is 0 Å². The number of aliphatic carboxylic acids is 1. The lowest BCUT2D eigenvalue weighted by atomic mass is 10.0. The monoisotopic (exact) mass is 291 g/mol. The van der Waals surface area contributed by atoms with E-state index in [0.29, 0.717) is 12.3 Å². The molecule has 3 heteroatoms. The lowest BCUT2D eigenvalue weighted by Crippen LogP contribution is -2.22. The van der Waals surface area contributed by atoms with Crippen LogP contribution in [0.2, 0.25) is 0 Å². The topological polar surface area (TPSA) is 49.3 Å². The predicted molar refractivity (Wildman–Crippen MR) is 87.5 cm³/mol. The van der Waals surface area contributed by atoms with Crippen molar-refractivity contribution in [1.82, 2.24) is 5.32 Å². The number of unbranched alkanes of at least 4 members (excludes halogenated alkanes) is 3. The summed E-state index contributed by atoms with van der Waals surface area (Å²) in [5, 5.41) is 12.0. The number of hydrogen-bond acceptors (Lipinski definition) is 2. The minimum absolute atomic E-state index is 0.309. The molecule has 0 aromatic heterocycles. The smallest absolute Gasteiger partial charge is 0.303 e. The molecule has 21 heavy (non-hydrogen) atoms. The van der Waals surface area contributed by atoms with Gasteiger partial charge in [0.05, 0.1) is 0 Å². The van der Waals surface area contributed by atoms with Crippen molar-refractivity contribution in [2.24, 2.45) is 5.92 Å². The minimum Gasteiger partial charge on any atom is -0.481 e. The van der Waals surface area contributed by atoms with Crippen LogP contribution in [0.5, 0.6) is 0 Å². The highest BCUT2D eigenvalue weighted by Crippen LogP contribution is 2.09. The van der Waals surface area contributed by atoms with Gasteiger partial charge in [0.25, 0.3) is 0 Å². The maximum absolute atomic E-state index is 10.4. The van der Waals surface area contributed by atoms with E-state index in [-0.39, 0.29) is 0 Å². The van der Waals surface area contributed by atoms with Gasteiger partial charge in [0.15, 0.2) is 0 Å². The van der Waals surface area contributed by atoms with Crippen LogP contribution in [0.25, 0.3) is 0 Å². The number of rotatable bonds is 12. The SMILES string of the molecule is C[C@@H](CCc1ccccc1)CNCCCCCCC(=O)O. The van der Waals surface area contributed by atoms with Crippen LogP contribution < -0.4 is 5.32 Å². The third-order valence-corrected chi connectivity index (χ3v) is 3.76. The molecule has 0 heterocycles. The van der Waals surface area contributed by atoms with Gasteiger partial charge >= 0.3 is 5.97 Å². The van der Waals surface area contributed by atoms with E-state index in [9.17, 15) is 4.79 Å². The molecule has 0 aliphatic rings. The molecular weight excluding hydrogens is 262 g/mol. The summed E-state index contributed by atoms with van der Waals surface area (Å²) in [6.07, 6.45) is 6.78. The summed E-state index contributed by atoms with van der Waals surface area (Å²) < 4.78 is 0. The molecule has 0 saturated heterocycles. The highest BCUT2D eigenvalue weighted by atomic mass is 16.4. The van der Waals surface area contributed by atoms with Gasteiger partial charge in [-0.25, -0.2) is 0 Å². The second-order valence-corrected chi connectivity index (χ2v) is 5.89. The molecule has 0 aliphatic heterocycles. The van der Waals surface area contributed by atoms with E-state index >= 15 is 0 Å². The van der Waals surface area contributed by atoms with Crippen LogP contribution in [-0.2, 0) is 11.2 Å². The highest BCUT2D eigenvalue weighted by Gasteiger charge is 2.02. The Balaban J connectivity index is 1.91. The van der Waals surface area contributed by atoms with Crippen LogP contribution in [0.3, 0.4) is 0 Å². The number of nitrogens with one attached hydrogen (secondary N) is 1. The first-order chi connectivity index (χ1) is 10.2. The van der Waals surface area contributed by atoms with E-state index in [2.05, 4.69) is 42.6 Å². The number of benzene rings is 1. The van der Waals surface area contributed by atoms with Gasteiger partial charge < -0.3 is 10.4 Å². The Labute approximate surface area is 128 Å². The van der Waals surface area contributed by atoms with E-state index in [1.807, 2.05) is 0 Å². The average molecular weight is 291 g/mol. The fourth-order valence-electron chi connectivity index (χ4n) is 2.39. The quantitative estimate of drug-likeness (QED) is 0.575. The first-order valence-corrected chi connectivity index (χ1v) is 8.15. The Morgan fingerprint density at radius 3 is 2.57 bits per heavy atom. The Morgan fingerprint density at radius 2 is 1.86 bits per heavy atom. The molecule has 0 fully saturated rings. The fraction of sp³-hybridized carbons (Fsp3) is 0.611. The van der Waals surface area contributed by atoms with Crippen LogP contribution in [0, 0.1) is 5.92 Å². The van der Waals surface area contributed by atoms with Crippen molar-refractivity contribution in [3.05, 3.63) is 35.9 Å². The molecular formula is C18H29NO2. The van der Waals surface area contributed by atoms with Crippen LogP contribution in [0.15, 0.2) is 30.3 Å². The third kappa shape index (κ3) is 10.1. The molecule has 1 aromatic rings. The first-order valence-electron chi connectivity index (χ1n) is 8.15. The van der Waals surface area contributed by atoms with Gasteiger partial charge in [-0.05, 0) is 50.3 Å². The molecule has 0 aliphatic carbocycles. The van der Waals surface area contributed by atoms with E-state index in [4.69, 9.17) is 5.11 Å². The van der Waals surface area contributed by atoms with Gasteiger partial charge in [-0.3, -0.25) is 4.79 Å². The summed E-state index contributed by atoms with van der Waals surface area (Å²) in [6.45, 7) is 4.41. The molecule has 118 valence electrons. The molecule has 1 rings (SSSR count). The van der Waals surface area contributed by atoms with Crippen molar-refractivity contribution >= 4 is 5.97 Å². The number of aryl methyl sites for hydroxylation is 1. The molecule has 0 amide bonds. The molecule has 1 aromatic carbocycles. The molecule has 1 atom stereocenters. The summed E-state index contributed by atoms with van der Waals surface area (Å²) in [7, 11) is 0. The number of carboxylic acid groups (broad SMARTS) is 1. The Hall–Kier alpha value is -1.35. The van der Waals surface area contributed by atoms with Crippen molar-refractivity contribution < 1.29 is 9.90 Å². The maximum Gasteiger partial charge on any atom is 0.303 e. The summed E-state index contributed by atoms with van der Waals surface area (Å²) in [6, 6.07) is 10.6. The molecule has 0 bridgehead atoms. The van der Waals surface area contributed by atoms with Gasteiger partial charge in [-0.1, -0.05) is 50.1 Å². The highest BCUT2D eigenvalue weighted by molar-refractivity contribution is 5.66. The van der Waals surface area contributed by atoms with Crippen LogP contribution >= 0.6 is 0 Å². The summed E-state index contributed by atoms with van der Waals surface area (Å²) in [4.78, 5) is 10.4. The zero-order valence-electron chi connectivity index (χ0n) is 13.2. The van der Waals surface area contributed by atoms with E-state index in [1.54, 1.807) is 0 Å². The number of hydrogen-bond donors (Lipinski definition) is 2. The Kier molecular flexibility index (Phi) is 9.55. The number of carboxylic acids is 1. The Bertz CT molecular complexity index is 378. The van der Waals surface area contributed by atoms with Crippen molar-refractivity contribution in [1.29, 1.82) is 0 Å². The van der Waals surface area contributed by atoms with Gasteiger partial charge in [0.1, 0.15) is 0 Å². The van der Waals surface area contributed by atoms with E-state index < -0.39 is 5.97 Å². The second-order valence-electron chi connectivity index (χ2n) is 5.89. The first kappa shape index (κ1) is 17.7. The van der Waals surface area contributed by atoms with Gasteiger partial charge in [0, 0.05) is 6.42 Å². The van der Waals surface area contributed by atoms with Crippen LogP contribution in [0.1, 0.15) is 51.0 Å². The molecule has 0 saturated carbocycles. The third-order valence-electron chi connectivity index (χ3n) is 3.76. The summed E-state index contributed by atoms with van der Waals surface area (Å²) in [5.74, 6) is 0.0117. The lowest BCUT2D eigenvalue weighted by molar-refractivity contribution is -0.137. The standard InChI is InChI=1S/C18H29NO2/c1-16(12-13-17-9-5-4-6-10-17)15-19-14-8-3-2-7-11-18(20)21/h4-6,9-10,16,19H,2-3,7-8,11-15H2,1H3,(H,20,21)/t16-/m0/s1. The molecule has 3 nitrogen and oxygen atoms in total. The largest absolute Gasteiger partial charge is 0.481 e. The summed E-state index contributed by atoms with van der Waals surface area (Å²) >= 11 is 0. The minimum atomic E-state index is -0.680. The van der Waals surface area contributed by atoms with Crippen molar-refractivity contribution in [3.63, 3.8) is 0 Å². The molecule has 2 N–H and O–H groups in total. The molecule has 0 unspecified atom stereocenters. The number of carbonyl (C=O) groups is 1. The molecule has 0 spiro atoms. The van der Waals surface area contributed by atoms with E-state index in [0.717, 1.165) is 45.2 Å². The maximum atomic E-state index is 10.4. The zero-order valence-corrected chi connectivity index (χ0v) is 13.2.